The fourth-order valence-corrected chi connectivity index (χ4v) is 1.51. The Bertz CT molecular complexity index is 429. The number of carbonyl (C=O) groups excluding carboxylic acids is 1. The van der Waals surface area contributed by atoms with Gasteiger partial charge in [0.15, 0.2) is 11.5 Å². The van der Waals surface area contributed by atoms with Gasteiger partial charge in [-0.2, -0.15) is 0 Å². The summed E-state index contributed by atoms with van der Waals surface area (Å²) >= 11 is 0. The second kappa shape index (κ2) is 6.54. The average Bonchev–Trinajstić information content (AvgIpc) is 2.36. The fraction of sp³-hybridized carbons (Fsp3) is 0.308. The minimum absolute atomic E-state index is 0.191. The molecule has 5 heteroatoms. The summed E-state index contributed by atoms with van der Waals surface area (Å²) in [6.45, 7) is 0. The van der Waals surface area contributed by atoms with Crippen molar-refractivity contribution in [1.29, 1.82) is 0 Å². The molecule has 0 spiro atoms. The third-order valence-electron chi connectivity index (χ3n) is 2.32. The van der Waals surface area contributed by atoms with Gasteiger partial charge in [0.25, 0.3) is 0 Å². The van der Waals surface area contributed by atoms with Crippen LogP contribution in [-0.4, -0.2) is 27.2 Å². The smallest absolute Gasteiger partial charge is 0.221 e. The highest BCUT2D eigenvalue weighted by atomic mass is 16.5. The lowest BCUT2D eigenvalue weighted by Crippen LogP contribution is -2.07. The van der Waals surface area contributed by atoms with E-state index in [1.54, 1.807) is 45.6 Å². The molecule has 0 heterocycles. The average molecular weight is 251 g/mol. The lowest BCUT2D eigenvalue weighted by atomic mass is 10.1. The number of primary amides is 1. The zero-order valence-corrected chi connectivity index (χ0v) is 10.7. The number of methoxy groups -OCH3 is 3. The van der Waals surface area contributed by atoms with E-state index in [1.807, 2.05) is 0 Å². The Balaban J connectivity index is 3.07. The molecule has 5 nitrogen and oxygen atoms in total. The normalized spacial score (nSPS) is 10.4. The van der Waals surface area contributed by atoms with Crippen molar-refractivity contribution in [1.82, 2.24) is 0 Å². The largest absolute Gasteiger partial charge is 0.493 e. The predicted molar refractivity (Wildman–Crippen MR) is 68.9 cm³/mol. The van der Waals surface area contributed by atoms with Crippen molar-refractivity contribution in [3.63, 3.8) is 0 Å². The number of carbonyl (C=O) groups is 1. The van der Waals surface area contributed by atoms with Crippen LogP contribution in [-0.2, 0) is 4.79 Å². The Kier molecular flexibility index (Phi) is 5.05. The van der Waals surface area contributed by atoms with Crippen LogP contribution in [0.4, 0.5) is 0 Å². The number of amides is 1. The SMILES string of the molecule is COc1cc(C=CCC(N)=O)cc(OC)c1OC. The molecular weight excluding hydrogens is 234 g/mol. The molecule has 0 saturated heterocycles. The predicted octanol–water partition coefficient (Wildman–Crippen LogP) is 1.60. The van der Waals surface area contributed by atoms with Gasteiger partial charge in [0.1, 0.15) is 0 Å². The lowest BCUT2D eigenvalue weighted by Gasteiger charge is -2.12. The molecule has 0 aliphatic heterocycles. The van der Waals surface area contributed by atoms with Crippen molar-refractivity contribution in [3.8, 4) is 17.2 Å². The molecule has 0 radical (unpaired) electrons. The number of nitrogens with two attached hydrogens (primary N) is 1. The highest BCUT2D eigenvalue weighted by molar-refractivity contribution is 5.76. The number of ether oxygens (including phenoxy) is 3. The van der Waals surface area contributed by atoms with Gasteiger partial charge in [-0.1, -0.05) is 12.2 Å². The molecule has 0 aliphatic carbocycles. The zero-order chi connectivity index (χ0) is 13.5. The molecule has 0 atom stereocenters. The van der Waals surface area contributed by atoms with Gasteiger partial charge < -0.3 is 19.9 Å². The third-order valence-corrected chi connectivity index (χ3v) is 2.32. The van der Waals surface area contributed by atoms with Crippen LogP contribution in [0.2, 0.25) is 0 Å². The molecule has 1 rings (SSSR count). The fourth-order valence-electron chi connectivity index (χ4n) is 1.51. The second-order valence-corrected chi connectivity index (χ2v) is 3.53. The van der Waals surface area contributed by atoms with Gasteiger partial charge in [0.05, 0.1) is 21.3 Å². The maximum absolute atomic E-state index is 10.6. The summed E-state index contributed by atoms with van der Waals surface area (Å²) in [7, 11) is 4.64. The van der Waals surface area contributed by atoms with E-state index in [2.05, 4.69) is 0 Å². The highest BCUT2D eigenvalue weighted by Gasteiger charge is 2.11. The van der Waals surface area contributed by atoms with E-state index >= 15 is 0 Å². The lowest BCUT2D eigenvalue weighted by molar-refractivity contribution is -0.117. The van der Waals surface area contributed by atoms with Crippen LogP contribution < -0.4 is 19.9 Å². The summed E-state index contributed by atoms with van der Waals surface area (Å²) in [5.41, 5.74) is 5.89. The van der Waals surface area contributed by atoms with Gasteiger partial charge in [-0.25, -0.2) is 0 Å². The molecule has 1 aromatic rings. The Labute approximate surface area is 106 Å². The molecule has 1 amide bonds. The highest BCUT2D eigenvalue weighted by Crippen LogP contribution is 2.38. The van der Waals surface area contributed by atoms with Crippen molar-refractivity contribution in [2.75, 3.05) is 21.3 Å². The van der Waals surface area contributed by atoms with Gasteiger partial charge in [0, 0.05) is 6.42 Å². The van der Waals surface area contributed by atoms with Crippen LogP contribution in [0.15, 0.2) is 18.2 Å². The van der Waals surface area contributed by atoms with Gasteiger partial charge >= 0.3 is 0 Å². The van der Waals surface area contributed by atoms with Crippen LogP contribution >= 0.6 is 0 Å². The number of hydrogen-bond donors (Lipinski definition) is 1. The summed E-state index contributed by atoms with van der Waals surface area (Å²) in [6, 6.07) is 3.58. The van der Waals surface area contributed by atoms with Crippen molar-refractivity contribution in [2.24, 2.45) is 5.73 Å². The molecule has 0 aliphatic rings. The summed E-state index contributed by atoms with van der Waals surface area (Å²) < 4.78 is 15.6. The molecule has 0 unspecified atom stereocenters. The van der Waals surface area contributed by atoms with Crippen molar-refractivity contribution < 1.29 is 19.0 Å². The van der Waals surface area contributed by atoms with E-state index in [4.69, 9.17) is 19.9 Å². The molecule has 0 fully saturated rings. The molecule has 0 saturated carbocycles. The topological polar surface area (TPSA) is 70.8 Å². The number of rotatable bonds is 6. The van der Waals surface area contributed by atoms with Gasteiger partial charge in [-0.15, -0.1) is 0 Å². The van der Waals surface area contributed by atoms with Crippen LogP contribution in [0.3, 0.4) is 0 Å². The van der Waals surface area contributed by atoms with Crippen molar-refractivity contribution in [2.45, 2.75) is 6.42 Å². The quantitative estimate of drug-likeness (QED) is 0.833. The van der Waals surface area contributed by atoms with E-state index in [9.17, 15) is 4.79 Å². The first kappa shape index (κ1) is 13.9. The Morgan fingerprint density at radius 3 is 2.11 bits per heavy atom. The number of hydrogen-bond acceptors (Lipinski definition) is 4. The van der Waals surface area contributed by atoms with Crippen LogP contribution in [0, 0.1) is 0 Å². The van der Waals surface area contributed by atoms with Crippen LogP contribution in [0.5, 0.6) is 17.2 Å². The van der Waals surface area contributed by atoms with E-state index in [0.29, 0.717) is 17.2 Å². The molecule has 18 heavy (non-hydrogen) atoms. The maximum Gasteiger partial charge on any atom is 0.221 e. The summed E-state index contributed by atoms with van der Waals surface area (Å²) in [5.74, 6) is 1.29. The van der Waals surface area contributed by atoms with E-state index in [1.165, 1.54) is 0 Å². The first-order valence-electron chi connectivity index (χ1n) is 5.37. The minimum Gasteiger partial charge on any atom is -0.493 e. The van der Waals surface area contributed by atoms with Gasteiger partial charge in [-0.05, 0) is 17.7 Å². The monoisotopic (exact) mass is 251 g/mol. The zero-order valence-electron chi connectivity index (χ0n) is 10.7. The van der Waals surface area contributed by atoms with Gasteiger partial charge in [-0.3, -0.25) is 4.79 Å². The van der Waals surface area contributed by atoms with Crippen LogP contribution in [0.1, 0.15) is 12.0 Å². The summed E-state index contributed by atoms with van der Waals surface area (Å²) in [4.78, 5) is 10.6. The molecule has 98 valence electrons. The summed E-state index contributed by atoms with van der Waals surface area (Å²) in [6.07, 6.45) is 3.65. The minimum atomic E-state index is -0.376. The molecular formula is C13H17NO4. The Morgan fingerprint density at radius 2 is 1.72 bits per heavy atom. The molecule has 2 N–H and O–H groups in total. The first-order chi connectivity index (χ1) is 8.62. The second-order valence-electron chi connectivity index (χ2n) is 3.53. The van der Waals surface area contributed by atoms with E-state index in [-0.39, 0.29) is 12.3 Å². The van der Waals surface area contributed by atoms with E-state index < -0.39 is 0 Å². The third kappa shape index (κ3) is 3.41. The number of benzene rings is 1. The summed E-state index contributed by atoms with van der Waals surface area (Å²) in [5, 5.41) is 0. The molecule has 1 aromatic carbocycles. The van der Waals surface area contributed by atoms with Crippen molar-refractivity contribution in [3.05, 3.63) is 23.8 Å². The molecule has 0 aromatic heterocycles. The van der Waals surface area contributed by atoms with Crippen LogP contribution in [0.25, 0.3) is 6.08 Å². The van der Waals surface area contributed by atoms with E-state index in [0.717, 1.165) is 5.56 Å². The first-order valence-corrected chi connectivity index (χ1v) is 5.37. The van der Waals surface area contributed by atoms with Gasteiger partial charge in [0.2, 0.25) is 11.7 Å². The molecule has 0 bridgehead atoms. The standard InChI is InChI=1S/C13H17NO4/c1-16-10-7-9(5-4-6-12(14)15)8-11(17-2)13(10)18-3/h4-5,7-8H,6H2,1-3H3,(H2,14,15). The van der Waals surface area contributed by atoms with Crippen molar-refractivity contribution >= 4 is 12.0 Å². The Hall–Kier alpha value is -2.17. The Morgan fingerprint density at radius 1 is 1.17 bits per heavy atom. The maximum atomic E-state index is 10.6.